The summed E-state index contributed by atoms with van der Waals surface area (Å²) in [5, 5.41) is 17.3. The molecule has 0 radical (unpaired) electrons. The van der Waals surface area contributed by atoms with E-state index in [-0.39, 0.29) is 12.3 Å². The van der Waals surface area contributed by atoms with Crippen molar-refractivity contribution < 1.29 is 9.32 Å². The van der Waals surface area contributed by atoms with E-state index in [1.807, 2.05) is 26.0 Å². The van der Waals surface area contributed by atoms with Crippen LogP contribution in [0.15, 0.2) is 16.7 Å². The van der Waals surface area contributed by atoms with Crippen molar-refractivity contribution >= 4 is 33.3 Å². The molecule has 2 heterocycles. The summed E-state index contributed by atoms with van der Waals surface area (Å²) in [7, 11) is 0. The fourth-order valence-electron chi connectivity index (χ4n) is 2.62. The van der Waals surface area contributed by atoms with Crippen LogP contribution in [0.1, 0.15) is 35.7 Å². The first-order valence-electron chi connectivity index (χ1n) is 7.90. The minimum absolute atomic E-state index is 0.148. The Bertz CT molecular complexity index is 882. The van der Waals surface area contributed by atoms with Crippen LogP contribution in [0.5, 0.6) is 0 Å². The molecule has 1 aromatic carbocycles. The van der Waals surface area contributed by atoms with E-state index in [0.717, 1.165) is 33.5 Å². The fraction of sp³-hybridized carbons (Fsp3) is 0.412. The van der Waals surface area contributed by atoms with Crippen LogP contribution in [0, 0.1) is 19.8 Å². The normalized spacial score (nSPS) is 11.4. The number of nitrogens with zero attached hydrogens (tertiary/aromatic N) is 3. The minimum Gasteiger partial charge on any atom is -0.356 e. The molecule has 2 aromatic heterocycles. The molecular weight excluding hydrogens is 324 g/mol. The molecule has 0 spiro atoms. The van der Waals surface area contributed by atoms with Crippen molar-refractivity contribution in [3.63, 3.8) is 0 Å². The molecule has 7 heteroatoms. The molecule has 1 N–H and O–H groups in total. The highest BCUT2D eigenvalue weighted by Crippen LogP contribution is 2.24. The predicted molar refractivity (Wildman–Crippen MR) is 94.3 cm³/mol. The summed E-state index contributed by atoms with van der Waals surface area (Å²) in [5.74, 6) is 0.339. The molecule has 0 unspecified atom stereocenters. The van der Waals surface area contributed by atoms with Gasteiger partial charge in [-0.2, -0.15) is 0 Å². The molecular formula is C17H20N4O2S. The number of hydrogen-bond donors (Lipinski definition) is 1. The van der Waals surface area contributed by atoms with Crippen LogP contribution in [0.25, 0.3) is 11.0 Å². The lowest BCUT2D eigenvalue weighted by molar-refractivity contribution is -0.115. The number of nitrogens with one attached hydrogen (secondary N) is 1. The Kier molecular flexibility index (Phi) is 4.62. The van der Waals surface area contributed by atoms with E-state index in [1.165, 1.54) is 11.3 Å². The van der Waals surface area contributed by atoms with Gasteiger partial charge in [0.2, 0.25) is 11.0 Å². The van der Waals surface area contributed by atoms with Crippen LogP contribution >= 0.6 is 11.3 Å². The van der Waals surface area contributed by atoms with Crippen LogP contribution in [-0.4, -0.2) is 21.3 Å². The van der Waals surface area contributed by atoms with Crippen LogP contribution in [0.4, 0.5) is 5.13 Å². The summed E-state index contributed by atoms with van der Waals surface area (Å²) < 4.78 is 5.38. The first-order valence-corrected chi connectivity index (χ1v) is 8.71. The van der Waals surface area contributed by atoms with Gasteiger partial charge >= 0.3 is 0 Å². The van der Waals surface area contributed by atoms with Gasteiger partial charge in [-0.1, -0.05) is 36.4 Å². The third-order valence-electron chi connectivity index (χ3n) is 3.60. The number of rotatable bonds is 5. The summed E-state index contributed by atoms with van der Waals surface area (Å²) in [6.07, 6.45) is 1.01. The SMILES string of the molecule is Cc1cc(C)c2onc(CC(=O)Nc3nnc(CC(C)C)s3)c2c1. The molecule has 0 aliphatic rings. The summed E-state index contributed by atoms with van der Waals surface area (Å²) in [5.41, 5.74) is 3.51. The molecule has 0 fully saturated rings. The van der Waals surface area contributed by atoms with Crippen LogP contribution in [-0.2, 0) is 17.6 Å². The average Bonchev–Trinajstić information content (AvgIpc) is 3.06. The van der Waals surface area contributed by atoms with Crippen LogP contribution in [0.3, 0.4) is 0 Å². The Morgan fingerprint density at radius 1 is 1.29 bits per heavy atom. The number of aryl methyl sites for hydroxylation is 2. The average molecular weight is 344 g/mol. The highest BCUT2D eigenvalue weighted by Gasteiger charge is 2.16. The highest BCUT2D eigenvalue weighted by molar-refractivity contribution is 7.15. The van der Waals surface area contributed by atoms with Gasteiger partial charge < -0.3 is 9.84 Å². The van der Waals surface area contributed by atoms with E-state index in [0.29, 0.717) is 16.7 Å². The topological polar surface area (TPSA) is 80.9 Å². The molecule has 0 saturated heterocycles. The fourth-order valence-corrected chi connectivity index (χ4v) is 3.59. The van der Waals surface area contributed by atoms with Gasteiger partial charge in [0, 0.05) is 11.8 Å². The lowest BCUT2D eigenvalue weighted by Gasteiger charge is -2.00. The maximum atomic E-state index is 12.3. The second kappa shape index (κ2) is 6.68. The Hall–Kier alpha value is -2.28. The molecule has 0 atom stereocenters. The Balaban J connectivity index is 1.72. The maximum absolute atomic E-state index is 12.3. The Labute approximate surface area is 144 Å². The second-order valence-corrected chi connectivity index (χ2v) is 7.47. The lowest BCUT2D eigenvalue weighted by Crippen LogP contribution is -2.14. The number of hydrogen-bond acceptors (Lipinski definition) is 6. The second-order valence-electron chi connectivity index (χ2n) is 6.41. The molecule has 24 heavy (non-hydrogen) atoms. The Morgan fingerprint density at radius 2 is 2.08 bits per heavy atom. The van der Waals surface area contributed by atoms with Gasteiger partial charge in [0.1, 0.15) is 10.7 Å². The van der Waals surface area contributed by atoms with Crippen molar-refractivity contribution in [2.24, 2.45) is 5.92 Å². The molecule has 0 aliphatic carbocycles. The summed E-state index contributed by atoms with van der Waals surface area (Å²) in [6.45, 7) is 8.24. The van der Waals surface area contributed by atoms with Crippen molar-refractivity contribution in [1.82, 2.24) is 15.4 Å². The van der Waals surface area contributed by atoms with Crippen molar-refractivity contribution in [3.8, 4) is 0 Å². The van der Waals surface area contributed by atoms with Crippen molar-refractivity contribution in [2.75, 3.05) is 5.32 Å². The molecule has 3 aromatic rings. The smallest absolute Gasteiger partial charge is 0.232 e. The highest BCUT2D eigenvalue weighted by atomic mass is 32.1. The molecule has 126 valence electrons. The van der Waals surface area contributed by atoms with E-state index in [4.69, 9.17) is 4.52 Å². The summed E-state index contributed by atoms with van der Waals surface area (Å²) >= 11 is 1.41. The number of carbonyl (C=O) groups excluding carboxylic acids is 1. The number of anilines is 1. The molecule has 0 saturated carbocycles. The molecule has 1 amide bonds. The summed E-state index contributed by atoms with van der Waals surface area (Å²) in [4.78, 5) is 12.3. The van der Waals surface area contributed by atoms with Gasteiger partial charge in [0.15, 0.2) is 5.58 Å². The Morgan fingerprint density at radius 3 is 2.83 bits per heavy atom. The predicted octanol–water partition coefficient (Wildman–Crippen LogP) is 3.68. The maximum Gasteiger partial charge on any atom is 0.232 e. The third kappa shape index (κ3) is 3.62. The van der Waals surface area contributed by atoms with Crippen molar-refractivity contribution in [3.05, 3.63) is 34.0 Å². The number of fused-ring (bicyclic) bond motifs is 1. The number of amides is 1. The van der Waals surface area contributed by atoms with Crippen molar-refractivity contribution in [2.45, 2.75) is 40.5 Å². The van der Waals surface area contributed by atoms with Gasteiger partial charge in [-0.05, 0) is 37.0 Å². The van der Waals surface area contributed by atoms with Gasteiger partial charge in [-0.15, -0.1) is 10.2 Å². The van der Waals surface area contributed by atoms with E-state index >= 15 is 0 Å². The van der Waals surface area contributed by atoms with E-state index < -0.39 is 0 Å². The largest absolute Gasteiger partial charge is 0.356 e. The van der Waals surface area contributed by atoms with Gasteiger partial charge in [0.25, 0.3) is 0 Å². The van der Waals surface area contributed by atoms with Crippen molar-refractivity contribution in [1.29, 1.82) is 0 Å². The first kappa shape index (κ1) is 16.6. The third-order valence-corrected chi connectivity index (χ3v) is 4.46. The standard InChI is InChI=1S/C17H20N4O2S/c1-9(2)5-15-19-20-17(24-15)18-14(22)8-13-12-7-10(3)6-11(4)16(12)23-21-13/h6-7,9H,5,8H2,1-4H3,(H,18,20,22). The number of benzene rings is 1. The van der Waals surface area contributed by atoms with Crippen LogP contribution in [0.2, 0.25) is 0 Å². The van der Waals surface area contributed by atoms with Crippen LogP contribution < -0.4 is 5.32 Å². The zero-order chi connectivity index (χ0) is 17.3. The molecule has 6 nitrogen and oxygen atoms in total. The zero-order valence-corrected chi connectivity index (χ0v) is 15.0. The van der Waals surface area contributed by atoms with E-state index in [2.05, 4.69) is 34.5 Å². The quantitative estimate of drug-likeness (QED) is 0.763. The molecule has 0 aliphatic heterocycles. The van der Waals surface area contributed by atoms with E-state index in [9.17, 15) is 4.79 Å². The monoisotopic (exact) mass is 344 g/mol. The molecule has 0 bridgehead atoms. The first-order chi connectivity index (χ1) is 11.4. The number of carbonyl (C=O) groups is 1. The van der Waals surface area contributed by atoms with E-state index in [1.54, 1.807) is 0 Å². The molecule has 3 rings (SSSR count). The zero-order valence-electron chi connectivity index (χ0n) is 14.2. The lowest BCUT2D eigenvalue weighted by atomic mass is 10.1. The minimum atomic E-state index is -0.170. The summed E-state index contributed by atoms with van der Waals surface area (Å²) in [6, 6.07) is 4.03. The van der Waals surface area contributed by atoms with Gasteiger partial charge in [-0.3, -0.25) is 4.79 Å². The number of aromatic nitrogens is 3. The van der Waals surface area contributed by atoms with Gasteiger partial charge in [-0.25, -0.2) is 0 Å². The van der Waals surface area contributed by atoms with Gasteiger partial charge in [0.05, 0.1) is 6.42 Å².